The fourth-order valence-corrected chi connectivity index (χ4v) is 10.8. The molecule has 10 rings (SSSR count). The number of para-hydroxylation sites is 1. The predicted molar refractivity (Wildman–Crippen MR) is 259 cm³/mol. The van der Waals surface area contributed by atoms with Crippen molar-refractivity contribution in [3.8, 4) is 11.5 Å². The lowest BCUT2D eigenvalue weighted by atomic mass is 9.69. The number of rotatable bonds is 13. The minimum absolute atomic E-state index is 0.113. The zero-order valence-electron chi connectivity index (χ0n) is 38.3. The summed E-state index contributed by atoms with van der Waals surface area (Å²) in [5, 5.41) is 11.8. The van der Waals surface area contributed by atoms with E-state index in [2.05, 4.69) is 113 Å². The molecule has 4 fully saturated rings. The minimum Gasteiger partial charge on any atom is -0.496 e. The highest BCUT2D eigenvalue weighted by atomic mass is 16.5. The van der Waals surface area contributed by atoms with Crippen LogP contribution in [0.5, 0.6) is 11.5 Å². The van der Waals surface area contributed by atoms with Crippen molar-refractivity contribution in [3.05, 3.63) is 107 Å². The Morgan fingerprint density at radius 1 is 0.578 bits per heavy atom. The predicted octanol–water partition coefficient (Wildman–Crippen LogP) is 9.78. The number of piperidine rings is 2. The van der Waals surface area contributed by atoms with E-state index < -0.39 is 0 Å². The number of hydrogen-bond donors (Lipinski definition) is 1. The zero-order valence-corrected chi connectivity index (χ0v) is 38.3. The van der Waals surface area contributed by atoms with Gasteiger partial charge in [-0.25, -0.2) is 19.9 Å². The topological polar surface area (TPSA) is 103 Å². The minimum atomic E-state index is 0.113. The lowest BCUT2D eigenvalue weighted by molar-refractivity contribution is 0.304. The third-order valence-corrected chi connectivity index (χ3v) is 15.1. The molecule has 0 amide bonds. The van der Waals surface area contributed by atoms with Crippen molar-refractivity contribution in [1.82, 2.24) is 19.9 Å². The van der Waals surface area contributed by atoms with Crippen molar-refractivity contribution < 1.29 is 14.6 Å². The lowest BCUT2D eigenvalue weighted by Crippen LogP contribution is -2.34. The Bertz CT molecular complexity index is 2620. The maximum Gasteiger partial charge on any atom is 0.140 e. The van der Waals surface area contributed by atoms with Crippen LogP contribution in [0.25, 0.3) is 21.8 Å². The first kappa shape index (κ1) is 42.3. The molecule has 4 aromatic carbocycles. The van der Waals surface area contributed by atoms with Gasteiger partial charge in [-0.2, -0.15) is 0 Å². The molecule has 6 aromatic rings. The molecule has 0 bridgehead atoms. The molecular formula is C53H64N8O3. The highest BCUT2D eigenvalue weighted by molar-refractivity contribution is 5.93. The van der Waals surface area contributed by atoms with Crippen molar-refractivity contribution in [3.63, 3.8) is 0 Å². The molecular weight excluding hydrogens is 797 g/mol. The van der Waals surface area contributed by atoms with E-state index in [1.54, 1.807) is 7.11 Å². The van der Waals surface area contributed by atoms with Gasteiger partial charge in [0, 0.05) is 87.8 Å². The molecule has 2 atom stereocenters. The van der Waals surface area contributed by atoms with Gasteiger partial charge in [-0.3, -0.25) is 0 Å². The molecule has 2 aliphatic heterocycles. The number of methoxy groups -OCH3 is 2. The second kappa shape index (κ2) is 18.1. The summed E-state index contributed by atoms with van der Waals surface area (Å²) in [6, 6.07) is 28.6. The van der Waals surface area contributed by atoms with E-state index >= 15 is 0 Å². The fourth-order valence-electron chi connectivity index (χ4n) is 10.8. The molecule has 334 valence electrons. The number of benzene rings is 4. The molecule has 0 spiro atoms. The number of hydrogen-bond acceptors (Lipinski definition) is 11. The van der Waals surface area contributed by atoms with E-state index in [-0.39, 0.29) is 12.5 Å². The Morgan fingerprint density at radius 2 is 1.16 bits per heavy atom. The number of aliphatic hydroxyl groups is 1. The second-order valence-corrected chi connectivity index (χ2v) is 18.9. The van der Waals surface area contributed by atoms with Crippen LogP contribution in [-0.2, 0) is 0 Å². The summed E-state index contributed by atoms with van der Waals surface area (Å²) in [5.41, 5.74) is 8.19. The molecule has 2 aromatic heterocycles. The molecule has 64 heavy (non-hydrogen) atoms. The summed E-state index contributed by atoms with van der Waals surface area (Å²) in [4.78, 5) is 30.4. The molecule has 2 unspecified atom stereocenters. The number of aliphatic hydroxyl groups excluding tert-OH is 1. The molecule has 1 N–H and O–H groups in total. The van der Waals surface area contributed by atoms with Crippen LogP contribution in [0.3, 0.4) is 0 Å². The fraction of sp³-hybridized carbons (Fsp3) is 0.472. The largest absolute Gasteiger partial charge is 0.496 e. The average Bonchev–Trinajstić information content (AvgIpc) is 3.30. The Morgan fingerprint density at radius 3 is 1.73 bits per heavy atom. The quantitative estimate of drug-likeness (QED) is 0.120. The SMILES string of the molecule is COc1cc(C2CCC2c2nc(N3CCC(c4ccccc4OC)CC3)c3cc(N(C)C)ccc3n2)ccc1C1CCN(c2nc(C3CCC3)nc3ccc(N(C)CCO)cc23)CC1. The highest BCUT2D eigenvalue weighted by Crippen LogP contribution is 2.51. The maximum atomic E-state index is 9.63. The molecule has 11 heteroatoms. The summed E-state index contributed by atoms with van der Waals surface area (Å²) in [5.74, 6) is 7.95. The number of fused-ring (bicyclic) bond motifs is 2. The summed E-state index contributed by atoms with van der Waals surface area (Å²) < 4.78 is 12.0. The van der Waals surface area contributed by atoms with Gasteiger partial charge >= 0.3 is 0 Å². The number of likely N-dealkylation sites (N-methyl/N-ethyl adjacent to an activating group) is 1. The molecule has 2 aliphatic carbocycles. The molecule has 2 saturated heterocycles. The molecule has 4 aliphatic rings. The molecule has 11 nitrogen and oxygen atoms in total. The van der Waals surface area contributed by atoms with Gasteiger partial charge in [-0.15, -0.1) is 0 Å². The number of ether oxygens (including phenoxy) is 2. The van der Waals surface area contributed by atoms with Crippen molar-refractivity contribution >= 4 is 44.8 Å². The summed E-state index contributed by atoms with van der Waals surface area (Å²) >= 11 is 0. The Kier molecular flexibility index (Phi) is 11.9. The molecule has 4 heterocycles. The van der Waals surface area contributed by atoms with Crippen LogP contribution >= 0.6 is 0 Å². The standard InChI is InChI=1S/C53H64N8O3/c1-58(2)38-14-19-47-44(32-38)53(61-25-21-34(22-26-61)41-11-6-7-12-48(41)63-4)57-51(55-47)43-18-17-40(43)37-13-16-42(49(31-37)64-5)35-23-27-60(28-24-35)52-45-33-39(59(3)29-30-62)15-20-46(45)54-50(56-52)36-9-8-10-36/h6-7,11-16,19-20,31-36,40,43,62H,8-10,17-18,21-30H2,1-5H3. The number of anilines is 4. The van der Waals surface area contributed by atoms with Gasteiger partial charge in [-0.05, 0) is 134 Å². The van der Waals surface area contributed by atoms with Crippen LogP contribution in [0.2, 0.25) is 0 Å². The van der Waals surface area contributed by atoms with Crippen molar-refractivity contribution in [2.45, 2.75) is 87.4 Å². The third kappa shape index (κ3) is 8.05. The summed E-state index contributed by atoms with van der Waals surface area (Å²) in [6.45, 7) is 4.41. The van der Waals surface area contributed by atoms with Gasteiger partial charge in [0.15, 0.2) is 0 Å². The van der Waals surface area contributed by atoms with Crippen LogP contribution in [0, 0.1) is 0 Å². The van der Waals surface area contributed by atoms with E-state index in [0.717, 1.165) is 133 Å². The third-order valence-electron chi connectivity index (χ3n) is 15.1. The number of nitrogens with zero attached hydrogens (tertiary/aromatic N) is 8. The smallest absolute Gasteiger partial charge is 0.140 e. The van der Waals surface area contributed by atoms with E-state index in [1.165, 1.54) is 36.0 Å². The van der Waals surface area contributed by atoms with E-state index in [4.69, 9.17) is 29.4 Å². The van der Waals surface area contributed by atoms with Gasteiger partial charge in [0.25, 0.3) is 0 Å². The first-order chi connectivity index (χ1) is 31.3. The van der Waals surface area contributed by atoms with Gasteiger partial charge in [-0.1, -0.05) is 36.8 Å². The molecule has 0 radical (unpaired) electrons. The van der Waals surface area contributed by atoms with E-state index in [0.29, 0.717) is 30.2 Å². The Hall–Kier alpha value is -5.68. The van der Waals surface area contributed by atoms with E-state index in [1.807, 2.05) is 14.2 Å². The normalized spacial score (nSPS) is 19.7. The average molecular weight is 861 g/mol. The first-order valence-electron chi connectivity index (χ1n) is 23.7. The van der Waals surface area contributed by atoms with Gasteiger partial charge in [0.05, 0.1) is 31.9 Å². The van der Waals surface area contributed by atoms with Gasteiger partial charge < -0.3 is 34.2 Å². The van der Waals surface area contributed by atoms with Gasteiger partial charge in [0.1, 0.15) is 34.8 Å². The first-order valence-corrected chi connectivity index (χ1v) is 23.7. The van der Waals surface area contributed by atoms with E-state index in [9.17, 15) is 5.11 Å². The maximum absolute atomic E-state index is 9.63. The molecule has 2 saturated carbocycles. The lowest BCUT2D eigenvalue weighted by Gasteiger charge is -2.38. The van der Waals surface area contributed by atoms with Crippen molar-refractivity contribution in [2.24, 2.45) is 0 Å². The second-order valence-electron chi connectivity index (χ2n) is 18.9. The highest BCUT2D eigenvalue weighted by Gasteiger charge is 2.38. The number of aromatic nitrogens is 4. The van der Waals surface area contributed by atoms with Crippen LogP contribution < -0.4 is 29.1 Å². The van der Waals surface area contributed by atoms with Gasteiger partial charge in [0.2, 0.25) is 0 Å². The van der Waals surface area contributed by atoms with Crippen molar-refractivity contribution in [1.29, 1.82) is 0 Å². The monoisotopic (exact) mass is 861 g/mol. The summed E-state index contributed by atoms with van der Waals surface area (Å²) in [7, 11) is 9.82. The van der Waals surface area contributed by atoms with Crippen LogP contribution in [0.4, 0.5) is 23.0 Å². The zero-order chi connectivity index (χ0) is 43.9. The Labute approximate surface area is 378 Å². The van der Waals surface area contributed by atoms with Crippen LogP contribution in [-0.4, -0.2) is 99.7 Å². The van der Waals surface area contributed by atoms with Crippen molar-refractivity contribution in [2.75, 3.05) is 94.3 Å². The van der Waals surface area contributed by atoms with Crippen LogP contribution in [0.15, 0.2) is 78.9 Å². The summed E-state index contributed by atoms with van der Waals surface area (Å²) in [6.07, 6.45) is 9.92. The Balaban J connectivity index is 0.879. The van der Waals surface area contributed by atoms with Crippen LogP contribution in [0.1, 0.15) is 116 Å².